The normalized spacial score (nSPS) is 28.3. The van der Waals surface area contributed by atoms with Gasteiger partial charge in [-0.1, -0.05) is 22.0 Å². The molecule has 0 fully saturated rings. The van der Waals surface area contributed by atoms with Gasteiger partial charge in [0.25, 0.3) is 0 Å². The first-order chi connectivity index (χ1) is 4.75. The zero-order valence-corrected chi connectivity index (χ0v) is 7.63. The monoisotopic (exact) mass is 205 g/mol. The molecule has 2 nitrogen and oxygen atoms in total. The summed E-state index contributed by atoms with van der Waals surface area (Å²) < 4.78 is 1.11. The minimum absolute atomic E-state index is 0.189. The molecule has 0 aromatic carbocycles. The van der Waals surface area contributed by atoms with Crippen molar-refractivity contribution in [2.45, 2.75) is 12.5 Å². The summed E-state index contributed by atoms with van der Waals surface area (Å²) in [5.41, 5.74) is 0. The van der Waals surface area contributed by atoms with Crippen LogP contribution in [0.25, 0.3) is 0 Å². The number of aliphatic hydroxyl groups excluding tert-OH is 1. The van der Waals surface area contributed by atoms with Crippen molar-refractivity contribution < 1.29 is 5.11 Å². The summed E-state index contributed by atoms with van der Waals surface area (Å²) in [7, 11) is 2.02. The van der Waals surface area contributed by atoms with E-state index in [4.69, 9.17) is 5.11 Å². The van der Waals surface area contributed by atoms with Gasteiger partial charge in [-0.15, -0.1) is 0 Å². The van der Waals surface area contributed by atoms with Crippen LogP contribution in [0.15, 0.2) is 10.6 Å². The Balaban J connectivity index is 2.63. The van der Waals surface area contributed by atoms with Crippen molar-refractivity contribution in [1.82, 2.24) is 4.90 Å². The van der Waals surface area contributed by atoms with Gasteiger partial charge in [-0.2, -0.15) is 0 Å². The van der Waals surface area contributed by atoms with E-state index in [-0.39, 0.29) is 12.6 Å². The Labute approximate surface area is 69.7 Å². The van der Waals surface area contributed by atoms with Crippen LogP contribution in [0.2, 0.25) is 0 Å². The average molecular weight is 206 g/mol. The van der Waals surface area contributed by atoms with Gasteiger partial charge < -0.3 is 5.11 Å². The highest BCUT2D eigenvalue weighted by Gasteiger charge is 2.19. The third-order valence-electron chi connectivity index (χ3n) is 1.84. The number of hydrogen-bond acceptors (Lipinski definition) is 2. The van der Waals surface area contributed by atoms with Gasteiger partial charge in [-0.25, -0.2) is 0 Å². The molecule has 0 saturated heterocycles. The summed E-state index contributed by atoms with van der Waals surface area (Å²) in [4.78, 5) is 2.14. The zero-order chi connectivity index (χ0) is 7.56. The SMILES string of the molecule is CN1CCC=C(Br)C1CO. The van der Waals surface area contributed by atoms with E-state index in [0.29, 0.717) is 0 Å². The van der Waals surface area contributed by atoms with E-state index in [1.807, 2.05) is 7.05 Å². The number of rotatable bonds is 1. The summed E-state index contributed by atoms with van der Waals surface area (Å²) in [6, 6.07) is 0.189. The van der Waals surface area contributed by atoms with Crippen LogP contribution in [0.5, 0.6) is 0 Å². The highest BCUT2D eigenvalue weighted by Crippen LogP contribution is 2.20. The predicted octanol–water partition coefficient (Wildman–Crippen LogP) is 0.962. The molecule has 3 heteroatoms. The largest absolute Gasteiger partial charge is 0.394 e. The molecule has 0 amide bonds. The van der Waals surface area contributed by atoms with Gasteiger partial charge in [-0.3, -0.25) is 4.90 Å². The lowest BCUT2D eigenvalue weighted by Crippen LogP contribution is -2.37. The molecular formula is C7H12BrNO. The second kappa shape index (κ2) is 3.51. The molecule has 0 radical (unpaired) electrons. The van der Waals surface area contributed by atoms with Gasteiger partial charge in [-0.05, 0) is 13.5 Å². The van der Waals surface area contributed by atoms with Crippen molar-refractivity contribution >= 4 is 15.9 Å². The Morgan fingerprint density at radius 2 is 2.60 bits per heavy atom. The number of nitrogens with zero attached hydrogens (tertiary/aromatic N) is 1. The van der Waals surface area contributed by atoms with E-state index in [9.17, 15) is 0 Å². The van der Waals surface area contributed by atoms with Crippen molar-refractivity contribution in [3.05, 3.63) is 10.6 Å². The van der Waals surface area contributed by atoms with E-state index in [2.05, 4.69) is 26.9 Å². The lowest BCUT2D eigenvalue weighted by Gasteiger charge is -2.29. The van der Waals surface area contributed by atoms with Gasteiger partial charge >= 0.3 is 0 Å². The summed E-state index contributed by atoms with van der Waals surface area (Å²) in [5, 5.41) is 8.92. The molecule has 0 saturated carbocycles. The van der Waals surface area contributed by atoms with Gasteiger partial charge in [0.2, 0.25) is 0 Å². The molecule has 0 aromatic heterocycles. The van der Waals surface area contributed by atoms with E-state index < -0.39 is 0 Å². The Kier molecular flexibility index (Phi) is 2.89. The molecule has 0 spiro atoms. The maximum atomic E-state index is 8.92. The first-order valence-corrected chi connectivity index (χ1v) is 4.21. The molecule has 1 rings (SSSR count). The maximum absolute atomic E-state index is 8.92. The third kappa shape index (κ3) is 1.59. The Morgan fingerprint density at radius 3 is 3.00 bits per heavy atom. The second-order valence-electron chi connectivity index (χ2n) is 2.56. The highest BCUT2D eigenvalue weighted by atomic mass is 79.9. The molecule has 1 N–H and O–H groups in total. The van der Waals surface area contributed by atoms with Crippen LogP contribution < -0.4 is 0 Å². The molecule has 0 bridgehead atoms. The number of likely N-dealkylation sites (N-methyl/N-ethyl adjacent to an activating group) is 1. The van der Waals surface area contributed by atoms with E-state index in [1.54, 1.807) is 0 Å². The van der Waals surface area contributed by atoms with Gasteiger partial charge in [0.05, 0.1) is 12.6 Å². The van der Waals surface area contributed by atoms with Crippen LogP contribution in [0.4, 0.5) is 0 Å². The van der Waals surface area contributed by atoms with Crippen molar-refractivity contribution in [2.75, 3.05) is 20.2 Å². The van der Waals surface area contributed by atoms with E-state index in [1.165, 1.54) is 0 Å². The lowest BCUT2D eigenvalue weighted by molar-refractivity contribution is 0.171. The third-order valence-corrected chi connectivity index (χ3v) is 2.70. The highest BCUT2D eigenvalue weighted by molar-refractivity contribution is 9.11. The van der Waals surface area contributed by atoms with Crippen molar-refractivity contribution in [3.8, 4) is 0 Å². The topological polar surface area (TPSA) is 23.5 Å². The fourth-order valence-electron chi connectivity index (χ4n) is 1.14. The first kappa shape index (κ1) is 8.24. The average Bonchev–Trinajstić information content (AvgIpc) is 1.88. The summed E-state index contributed by atoms with van der Waals surface area (Å²) in [6.45, 7) is 1.24. The first-order valence-electron chi connectivity index (χ1n) is 3.42. The predicted molar refractivity (Wildman–Crippen MR) is 45.1 cm³/mol. The van der Waals surface area contributed by atoms with Crippen molar-refractivity contribution in [2.24, 2.45) is 0 Å². The lowest BCUT2D eigenvalue weighted by atomic mass is 10.1. The van der Waals surface area contributed by atoms with Crippen LogP contribution in [0.1, 0.15) is 6.42 Å². The zero-order valence-electron chi connectivity index (χ0n) is 6.05. The molecule has 1 atom stereocenters. The molecule has 0 aliphatic carbocycles. The molecule has 0 aromatic rings. The minimum atomic E-state index is 0.189. The van der Waals surface area contributed by atoms with Gasteiger partial charge in [0.15, 0.2) is 0 Å². The molecule has 58 valence electrons. The van der Waals surface area contributed by atoms with Gasteiger partial charge in [0.1, 0.15) is 0 Å². The molecule has 1 heterocycles. The summed E-state index contributed by atoms with van der Waals surface area (Å²) in [5.74, 6) is 0. The van der Waals surface area contributed by atoms with Crippen molar-refractivity contribution in [1.29, 1.82) is 0 Å². The van der Waals surface area contributed by atoms with Crippen LogP contribution in [0, 0.1) is 0 Å². The maximum Gasteiger partial charge on any atom is 0.0640 e. The minimum Gasteiger partial charge on any atom is -0.394 e. The fraction of sp³-hybridized carbons (Fsp3) is 0.714. The summed E-state index contributed by atoms with van der Waals surface area (Å²) >= 11 is 3.41. The summed E-state index contributed by atoms with van der Waals surface area (Å²) in [6.07, 6.45) is 3.20. The van der Waals surface area contributed by atoms with Crippen molar-refractivity contribution in [3.63, 3.8) is 0 Å². The molecule has 1 aliphatic heterocycles. The molecule has 1 aliphatic rings. The number of aliphatic hydroxyl groups is 1. The van der Waals surface area contributed by atoms with Gasteiger partial charge in [0, 0.05) is 11.0 Å². The fourth-order valence-corrected chi connectivity index (χ4v) is 1.86. The quantitative estimate of drug-likeness (QED) is 0.690. The molecule has 1 unspecified atom stereocenters. The van der Waals surface area contributed by atoms with Crippen LogP contribution in [-0.2, 0) is 0 Å². The molecule has 10 heavy (non-hydrogen) atoms. The smallest absolute Gasteiger partial charge is 0.0640 e. The second-order valence-corrected chi connectivity index (χ2v) is 3.47. The Morgan fingerprint density at radius 1 is 1.90 bits per heavy atom. The van der Waals surface area contributed by atoms with E-state index in [0.717, 1.165) is 17.4 Å². The standard InChI is InChI=1S/C7H12BrNO/c1-9-4-2-3-6(8)7(9)5-10/h3,7,10H,2,4-5H2,1H3. The van der Waals surface area contributed by atoms with E-state index >= 15 is 0 Å². The van der Waals surface area contributed by atoms with Crippen LogP contribution in [0.3, 0.4) is 0 Å². The Bertz CT molecular complexity index is 147. The van der Waals surface area contributed by atoms with Crippen LogP contribution >= 0.6 is 15.9 Å². The Hall–Kier alpha value is 0.140. The number of halogens is 1. The molecular weight excluding hydrogens is 194 g/mol. The van der Waals surface area contributed by atoms with Crippen LogP contribution in [-0.4, -0.2) is 36.2 Å². The number of hydrogen-bond donors (Lipinski definition) is 1.